The van der Waals surface area contributed by atoms with Crippen molar-refractivity contribution in [3.63, 3.8) is 0 Å². The molecular weight excluding hydrogens is 262 g/mol. The van der Waals surface area contributed by atoms with Crippen molar-refractivity contribution in [2.24, 2.45) is 5.73 Å². The molecule has 2 aromatic rings. The van der Waals surface area contributed by atoms with Crippen LogP contribution in [0.15, 0.2) is 18.2 Å². The van der Waals surface area contributed by atoms with Crippen molar-refractivity contribution in [3.05, 3.63) is 29.0 Å². The van der Waals surface area contributed by atoms with Crippen molar-refractivity contribution in [1.29, 1.82) is 0 Å². The molecule has 1 aromatic heterocycles. The predicted octanol–water partition coefficient (Wildman–Crippen LogP) is 3.14. The van der Waals surface area contributed by atoms with Gasteiger partial charge in [-0.2, -0.15) is 0 Å². The Kier molecular flexibility index (Phi) is 4.80. The van der Waals surface area contributed by atoms with Crippen molar-refractivity contribution >= 4 is 22.6 Å². The van der Waals surface area contributed by atoms with Crippen LogP contribution in [0, 0.1) is 0 Å². The Balaban J connectivity index is 2.47. The monoisotopic (exact) mass is 281 g/mol. The van der Waals surface area contributed by atoms with Gasteiger partial charge < -0.3 is 15.0 Å². The molecule has 0 aliphatic heterocycles. The van der Waals surface area contributed by atoms with E-state index in [1.165, 1.54) is 0 Å². The fraction of sp³-hybridized carbons (Fsp3) is 0.500. The molecule has 2 rings (SSSR count). The molecule has 4 nitrogen and oxygen atoms in total. The molecule has 0 spiro atoms. The standard InChI is InChI=1S/C14H20ClN3O/c1-3-8-18-13-10(15)5-4-6-12(13)17-14(18)11(16)7-9-19-2/h4-6,11H,3,7-9,16H2,1-2H3. The summed E-state index contributed by atoms with van der Waals surface area (Å²) in [4.78, 5) is 4.64. The normalized spacial score (nSPS) is 13.1. The summed E-state index contributed by atoms with van der Waals surface area (Å²) in [6.45, 7) is 3.63. The van der Waals surface area contributed by atoms with Gasteiger partial charge in [-0.1, -0.05) is 24.6 Å². The average molecular weight is 282 g/mol. The van der Waals surface area contributed by atoms with Gasteiger partial charge in [-0.3, -0.25) is 0 Å². The van der Waals surface area contributed by atoms with Crippen LogP contribution in [0.3, 0.4) is 0 Å². The van der Waals surface area contributed by atoms with E-state index >= 15 is 0 Å². The van der Waals surface area contributed by atoms with Gasteiger partial charge in [0.1, 0.15) is 5.82 Å². The van der Waals surface area contributed by atoms with Crippen LogP contribution in [-0.2, 0) is 11.3 Å². The Morgan fingerprint density at radius 3 is 2.95 bits per heavy atom. The van der Waals surface area contributed by atoms with Crippen molar-refractivity contribution < 1.29 is 4.74 Å². The van der Waals surface area contributed by atoms with Gasteiger partial charge in [0.05, 0.1) is 22.1 Å². The van der Waals surface area contributed by atoms with E-state index in [1.54, 1.807) is 7.11 Å². The van der Waals surface area contributed by atoms with Gasteiger partial charge in [0.15, 0.2) is 0 Å². The lowest BCUT2D eigenvalue weighted by atomic mass is 10.2. The minimum atomic E-state index is -0.130. The van der Waals surface area contributed by atoms with Gasteiger partial charge in [-0.05, 0) is 25.0 Å². The number of benzene rings is 1. The van der Waals surface area contributed by atoms with Gasteiger partial charge in [-0.25, -0.2) is 4.98 Å². The molecule has 0 aliphatic carbocycles. The quantitative estimate of drug-likeness (QED) is 0.885. The van der Waals surface area contributed by atoms with Crippen molar-refractivity contribution in [2.75, 3.05) is 13.7 Å². The number of hydrogen-bond donors (Lipinski definition) is 1. The summed E-state index contributed by atoms with van der Waals surface area (Å²) in [5, 5.41) is 0.726. The van der Waals surface area contributed by atoms with Crippen molar-refractivity contribution in [3.8, 4) is 0 Å². The maximum absolute atomic E-state index is 6.29. The third-order valence-electron chi connectivity index (χ3n) is 3.16. The van der Waals surface area contributed by atoms with Crippen molar-refractivity contribution in [1.82, 2.24) is 9.55 Å². The number of methoxy groups -OCH3 is 1. The molecule has 0 aliphatic rings. The molecule has 0 bridgehead atoms. The van der Waals surface area contributed by atoms with Gasteiger partial charge >= 0.3 is 0 Å². The maximum Gasteiger partial charge on any atom is 0.126 e. The third-order valence-corrected chi connectivity index (χ3v) is 3.46. The zero-order chi connectivity index (χ0) is 13.8. The average Bonchev–Trinajstić information content (AvgIpc) is 2.77. The molecule has 1 atom stereocenters. The van der Waals surface area contributed by atoms with E-state index in [0.29, 0.717) is 6.61 Å². The molecule has 19 heavy (non-hydrogen) atoms. The molecular formula is C14H20ClN3O. The highest BCUT2D eigenvalue weighted by atomic mass is 35.5. The number of hydrogen-bond acceptors (Lipinski definition) is 3. The van der Waals surface area contributed by atoms with Gasteiger partial charge in [-0.15, -0.1) is 0 Å². The second-order valence-electron chi connectivity index (χ2n) is 4.62. The molecule has 0 radical (unpaired) electrons. The number of ether oxygens (including phenoxy) is 1. The van der Waals surface area contributed by atoms with Crippen LogP contribution in [0.2, 0.25) is 5.02 Å². The molecule has 104 valence electrons. The summed E-state index contributed by atoms with van der Waals surface area (Å²) in [7, 11) is 1.68. The Morgan fingerprint density at radius 1 is 1.47 bits per heavy atom. The molecule has 1 unspecified atom stereocenters. The van der Waals surface area contributed by atoms with Gasteiger partial charge in [0.25, 0.3) is 0 Å². The highest BCUT2D eigenvalue weighted by Crippen LogP contribution is 2.27. The number of halogens is 1. The molecule has 0 saturated carbocycles. The van der Waals surface area contributed by atoms with Crippen LogP contribution in [0.25, 0.3) is 11.0 Å². The lowest BCUT2D eigenvalue weighted by Gasteiger charge is -2.14. The van der Waals surface area contributed by atoms with Gasteiger partial charge in [0.2, 0.25) is 0 Å². The third kappa shape index (κ3) is 2.91. The van der Waals surface area contributed by atoms with E-state index < -0.39 is 0 Å². The summed E-state index contributed by atoms with van der Waals surface area (Å²) in [5.74, 6) is 0.891. The van der Waals surface area contributed by atoms with Crippen LogP contribution in [0.4, 0.5) is 0 Å². The first kappa shape index (κ1) is 14.3. The van der Waals surface area contributed by atoms with E-state index in [2.05, 4.69) is 16.5 Å². The number of nitrogens with two attached hydrogens (primary N) is 1. The number of aromatic nitrogens is 2. The van der Waals surface area contributed by atoms with Crippen LogP contribution in [0.5, 0.6) is 0 Å². The van der Waals surface area contributed by atoms with Crippen LogP contribution < -0.4 is 5.73 Å². The molecule has 0 saturated heterocycles. The van der Waals surface area contributed by atoms with E-state index in [-0.39, 0.29) is 6.04 Å². The number of nitrogens with zero attached hydrogens (tertiary/aromatic N) is 2. The molecule has 5 heteroatoms. The summed E-state index contributed by atoms with van der Waals surface area (Å²) < 4.78 is 7.23. The topological polar surface area (TPSA) is 53.1 Å². The smallest absolute Gasteiger partial charge is 0.126 e. The number of para-hydroxylation sites is 1. The van der Waals surface area contributed by atoms with E-state index in [0.717, 1.165) is 41.3 Å². The lowest BCUT2D eigenvalue weighted by molar-refractivity contribution is 0.186. The highest BCUT2D eigenvalue weighted by molar-refractivity contribution is 6.35. The Morgan fingerprint density at radius 2 is 2.26 bits per heavy atom. The molecule has 0 amide bonds. The minimum Gasteiger partial charge on any atom is -0.385 e. The molecule has 1 heterocycles. The van der Waals surface area contributed by atoms with Crippen LogP contribution in [-0.4, -0.2) is 23.3 Å². The van der Waals surface area contributed by atoms with Gasteiger partial charge in [0, 0.05) is 20.3 Å². The lowest BCUT2D eigenvalue weighted by Crippen LogP contribution is -2.18. The number of imidazole rings is 1. The number of rotatable bonds is 6. The Labute approximate surface area is 118 Å². The molecule has 0 fully saturated rings. The first-order valence-corrected chi connectivity index (χ1v) is 6.96. The summed E-state index contributed by atoms with van der Waals surface area (Å²) in [6, 6.07) is 5.65. The van der Waals surface area contributed by atoms with Crippen molar-refractivity contribution in [2.45, 2.75) is 32.4 Å². The number of fused-ring (bicyclic) bond motifs is 1. The first-order chi connectivity index (χ1) is 9.19. The highest BCUT2D eigenvalue weighted by Gasteiger charge is 2.17. The van der Waals surface area contributed by atoms with E-state index in [1.807, 2.05) is 18.2 Å². The number of aryl methyl sites for hydroxylation is 1. The Hall–Kier alpha value is -1.10. The maximum atomic E-state index is 6.29. The summed E-state index contributed by atoms with van der Waals surface area (Å²) in [5.41, 5.74) is 8.11. The summed E-state index contributed by atoms with van der Waals surface area (Å²) >= 11 is 6.29. The molecule has 2 N–H and O–H groups in total. The second kappa shape index (κ2) is 6.37. The largest absolute Gasteiger partial charge is 0.385 e. The first-order valence-electron chi connectivity index (χ1n) is 6.58. The zero-order valence-corrected chi connectivity index (χ0v) is 12.2. The van der Waals surface area contributed by atoms with E-state index in [9.17, 15) is 0 Å². The SMILES string of the molecule is CCCn1c(C(N)CCOC)nc2cccc(Cl)c21. The fourth-order valence-corrected chi connectivity index (χ4v) is 2.54. The Bertz CT molecular complexity index is 553. The van der Waals surface area contributed by atoms with Crippen LogP contribution >= 0.6 is 11.6 Å². The zero-order valence-electron chi connectivity index (χ0n) is 11.4. The summed E-state index contributed by atoms with van der Waals surface area (Å²) in [6.07, 6.45) is 1.77. The predicted molar refractivity (Wildman–Crippen MR) is 78.5 cm³/mol. The molecule has 1 aromatic carbocycles. The van der Waals surface area contributed by atoms with Crippen LogP contribution in [0.1, 0.15) is 31.6 Å². The van der Waals surface area contributed by atoms with E-state index in [4.69, 9.17) is 22.1 Å². The fourth-order valence-electron chi connectivity index (χ4n) is 2.27. The minimum absolute atomic E-state index is 0.130. The second-order valence-corrected chi connectivity index (χ2v) is 5.02.